The Balaban J connectivity index is -0.000000285. The van der Waals surface area contributed by atoms with E-state index in [9.17, 15) is 59.4 Å². The van der Waals surface area contributed by atoms with Gasteiger partial charge in [-0.25, -0.2) is 0 Å². The molecule has 0 aromatic carbocycles. The molecule has 9 N–H and O–H groups in total. The first-order valence-electron chi connectivity index (χ1n) is 13.7. The van der Waals surface area contributed by atoms with Crippen molar-refractivity contribution in [2.45, 2.75) is 79.1 Å². The van der Waals surface area contributed by atoms with Gasteiger partial charge in [0.2, 0.25) is 17.7 Å². The number of carboxylic acids is 3. The first kappa shape index (κ1) is 50.3. The van der Waals surface area contributed by atoms with Crippen LogP contribution in [0.1, 0.15) is 60.8 Å². The molecule has 46 heavy (non-hydrogen) atoms. The number of hydrogen-bond acceptors (Lipinski definition) is 15. The van der Waals surface area contributed by atoms with Gasteiger partial charge in [0, 0.05) is 73.0 Å². The van der Waals surface area contributed by atoms with E-state index in [0.717, 1.165) is 0 Å². The van der Waals surface area contributed by atoms with Crippen molar-refractivity contribution in [3.63, 3.8) is 0 Å². The fourth-order valence-corrected chi connectivity index (χ4v) is 2.48. The van der Waals surface area contributed by atoms with Crippen molar-refractivity contribution in [2.75, 3.05) is 39.5 Å². The minimum Gasteiger partial charge on any atom is -0.550 e. The topological polar surface area (TPSA) is 329 Å². The molecule has 0 aliphatic rings. The second kappa shape index (κ2) is 24.6. The molecule has 0 saturated carbocycles. The van der Waals surface area contributed by atoms with Gasteiger partial charge in [0.25, 0.3) is 0 Å². The van der Waals surface area contributed by atoms with Crippen LogP contribution in [-0.4, -0.2) is 150 Å². The normalized spacial score (nSPS) is 13.0. The molecule has 0 aromatic heterocycles. The summed E-state index contributed by atoms with van der Waals surface area (Å²) in [6.07, 6.45) is -5.04. The Labute approximate surface area is 286 Å². The summed E-state index contributed by atoms with van der Waals surface area (Å²) in [6, 6.07) is 0. The van der Waals surface area contributed by atoms with E-state index in [-0.39, 0.29) is 84.9 Å². The van der Waals surface area contributed by atoms with E-state index in [2.05, 4.69) is 16.0 Å². The van der Waals surface area contributed by atoms with Gasteiger partial charge in [0.1, 0.15) is 18.3 Å². The number of aliphatic hydroxyl groups excluding tert-OH is 6. The Kier molecular flexibility index (Phi) is 26.9. The molecule has 0 spiro atoms. The van der Waals surface area contributed by atoms with Gasteiger partial charge in [-0.1, -0.05) is 41.5 Å². The van der Waals surface area contributed by atoms with E-state index in [1.54, 1.807) is 0 Å². The van der Waals surface area contributed by atoms with Gasteiger partial charge in [-0.05, 0) is 0 Å². The predicted molar refractivity (Wildman–Crippen MR) is 154 cm³/mol. The fourth-order valence-electron chi connectivity index (χ4n) is 2.48. The third-order valence-corrected chi connectivity index (χ3v) is 6.07. The van der Waals surface area contributed by atoms with Crippen LogP contribution in [0.25, 0.3) is 0 Å². The van der Waals surface area contributed by atoms with Crippen LogP contribution in [0.5, 0.6) is 0 Å². The summed E-state index contributed by atoms with van der Waals surface area (Å²) in [4.78, 5) is 63.8. The number of rotatable bonds is 18. The van der Waals surface area contributed by atoms with E-state index < -0.39 is 70.2 Å². The largest absolute Gasteiger partial charge is 3.00 e. The van der Waals surface area contributed by atoms with Crippen molar-refractivity contribution >= 4 is 61.8 Å². The van der Waals surface area contributed by atoms with Crippen molar-refractivity contribution in [1.29, 1.82) is 0 Å². The molecule has 0 aromatic rings. The second-order valence-electron chi connectivity index (χ2n) is 11.9. The van der Waals surface area contributed by atoms with Crippen molar-refractivity contribution in [3.05, 3.63) is 0 Å². The smallest absolute Gasteiger partial charge is 0.550 e. The number of hydrogen-bond donors (Lipinski definition) is 9. The summed E-state index contributed by atoms with van der Waals surface area (Å²) >= 11 is 0. The third kappa shape index (κ3) is 22.9. The zero-order chi connectivity index (χ0) is 36.2. The molecule has 0 aliphatic heterocycles. The van der Waals surface area contributed by atoms with Gasteiger partial charge in [-0.15, -0.1) is 0 Å². The summed E-state index contributed by atoms with van der Waals surface area (Å²) in [5.74, 6) is -5.91. The van der Waals surface area contributed by atoms with Crippen LogP contribution in [0, 0.1) is 16.2 Å². The third-order valence-electron chi connectivity index (χ3n) is 6.07. The van der Waals surface area contributed by atoms with Crippen molar-refractivity contribution in [1.82, 2.24) is 16.0 Å². The molecule has 0 heterocycles. The average molecular weight is 864 g/mol. The molecule has 18 nitrogen and oxygen atoms in total. The summed E-state index contributed by atoms with van der Waals surface area (Å²) in [5.41, 5.74) is -2.86. The zero-order valence-corrected chi connectivity index (χ0v) is 30.4. The van der Waals surface area contributed by atoms with Crippen LogP contribution in [0.4, 0.5) is 0 Å². The quantitative estimate of drug-likeness (QED) is 0.0578. The summed E-state index contributed by atoms with van der Waals surface area (Å²) in [5, 5.41) is 91.9. The minimum absolute atomic E-state index is 0. The molecular formula is C27H48BiN3O15. The maximum absolute atomic E-state index is 11.2. The Hall–Kier alpha value is -2.54. The molecule has 3 amide bonds. The van der Waals surface area contributed by atoms with Gasteiger partial charge in [-0.2, -0.15) is 0 Å². The minimum atomic E-state index is -1.37. The summed E-state index contributed by atoms with van der Waals surface area (Å²) < 4.78 is 0. The number of amides is 3. The SMILES string of the molecule is CC(C)(CO)C(O)C(=O)NCCC(=O)[O-].CC(C)(CO)C(O)C(=O)NCCC(=O)[O-].CC(C)(CO)[C@@H](O)C(=O)NCCC(=O)[O-].[Bi+3]. The molecule has 0 aliphatic carbocycles. The second-order valence-corrected chi connectivity index (χ2v) is 11.9. The Morgan fingerprint density at radius 3 is 0.804 bits per heavy atom. The van der Waals surface area contributed by atoms with Gasteiger partial charge < -0.3 is 76.3 Å². The van der Waals surface area contributed by atoms with E-state index >= 15 is 0 Å². The summed E-state index contributed by atoms with van der Waals surface area (Å²) in [6.45, 7) is 7.81. The maximum atomic E-state index is 11.2. The fraction of sp³-hybridized carbons (Fsp3) is 0.778. The van der Waals surface area contributed by atoms with Crippen LogP contribution in [0.2, 0.25) is 0 Å². The molecular weight excluding hydrogens is 815 g/mol. The molecule has 2 unspecified atom stereocenters. The first-order chi connectivity index (χ1) is 20.4. The van der Waals surface area contributed by atoms with Gasteiger partial charge in [0.15, 0.2) is 0 Å². The molecule has 0 fully saturated rings. The Morgan fingerprint density at radius 1 is 0.500 bits per heavy atom. The van der Waals surface area contributed by atoms with E-state index in [4.69, 9.17) is 15.3 Å². The van der Waals surface area contributed by atoms with E-state index in [1.807, 2.05) is 0 Å². The molecule has 19 heteroatoms. The van der Waals surface area contributed by atoms with Gasteiger partial charge in [-0.3, -0.25) is 14.4 Å². The van der Waals surface area contributed by atoms with Crippen LogP contribution in [0.3, 0.4) is 0 Å². The van der Waals surface area contributed by atoms with Gasteiger partial charge in [0.05, 0.1) is 19.8 Å². The molecule has 2 radical (unpaired) electrons. The van der Waals surface area contributed by atoms with Gasteiger partial charge >= 0.3 is 26.2 Å². The monoisotopic (exact) mass is 863 g/mol. The number of aliphatic carboxylic acids is 3. The zero-order valence-electron chi connectivity index (χ0n) is 26.9. The van der Waals surface area contributed by atoms with Crippen LogP contribution in [0.15, 0.2) is 0 Å². The number of nitrogens with one attached hydrogen (secondary N) is 3. The molecule has 0 rings (SSSR count). The van der Waals surface area contributed by atoms with Crippen LogP contribution in [-0.2, 0) is 28.8 Å². The van der Waals surface area contributed by atoms with Crippen molar-refractivity contribution in [2.24, 2.45) is 16.2 Å². The number of aliphatic hydroxyl groups is 6. The van der Waals surface area contributed by atoms with Crippen LogP contribution >= 0.6 is 0 Å². The van der Waals surface area contributed by atoms with Crippen LogP contribution < -0.4 is 31.3 Å². The standard InChI is InChI=1S/3C9H17NO5.Bi/c3*1-9(2,5-11)7(14)8(15)10-4-3-6(12)13;/h3*7,11,14H,3-5H2,1-2H3,(H,10,15)(H,12,13);/q;;;+3/p-3/t7-;;;/m0.../s1. The number of carbonyl (C=O) groups excluding carboxylic acids is 6. The average Bonchev–Trinajstić information content (AvgIpc) is 2.95. The molecule has 0 bridgehead atoms. The Morgan fingerprint density at radius 2 is 0.674 bits per heavy atom. The molecule has 3 atom stereocenters. The predicted octanol–water partition coefficient (Wildman–Crippen LogP) is -7.51. The number of carbonyl (C=O) groups is 6. The summed E-state index contributed by atoms with van der Waals surface area (Å²) in [7, 11) is 0. The van der Waals surface area contributed by atoms with E-state index in [1.165, 1.54) is 41.5 Å². The maximum Gasteiger partial charge on any atom is 3.00 e. The van der Waals surface area contributed by atoms with E-state index in [0.29, 0.717) is 0 Å². The molecule has 266 valence electrons. The first-order valence-corrected chi connectivity index (χ1v) is 13.7. The molecule has 0 saturated heterocycles. The Bertz CT molecular complexity index is 842. The number of carboxylic acid groups (broad SMARTS) is 3. The van der Waals surface area contributed by atoms with Crippen molar-refractivity contribution in [3.8, 4) is 0 Å². The van der Waals surface area contributed by atoms with Crippen molar-refractivity contribution < 1.29 is 74.7 Å².